The van der Waals surface area contributed by atoms with Crippen LogP contribution < -0.4 is 22.5 Å². The van der Waals surface area contributed by atoms with Gasteiger partial charge in [0.25, 0.3) is 0 Å². The third-order valence-electron chi connectivity index (χ3n) is 0.602. The summed E-state index contributed by atoms with van der Waals surface area (Å²) >= 11 is 2.56. The Balaban J connectivity index is -0.000000320. The quantitative estimate of drug-likeness (QED) is 0.560. The van der Waals surface area contributed by atoms with E-state index >= 15 is 0 Å². The molecule has 0 bridgehead atoms. The first-order valence-corrected chi connectivity index (χ1v) is 3.00. The zero-order chi connectivity index (χ0) is 7.44. The van der Waals surface area contributed by atoms with E-state index in [0.717, 1.165) is 0 Å². The van der Waals surface area contributed by atoms with Gasteiger partial charge in [0.1, 0.15) is 0 Å². The van der Waals surface area contributed by atoms with Gasteiger partial charge < -0.3 is 32.1 Å². The second-order valence-corrected chi connectivity index (χ2v) is 2.47. The molecule has 11 heavy (non-hydrogen) atoms. The van der Waals surface area contributed by atoms with Crippen molar-refractivity contribution in [3.05, 3.63) is 0 Å². The Bertz CT molecular complexity index is 140. The van der Waals surface area contributed by atoms with Crippen molar-refractivity contribution in [3.8, 4) is 0 Å². The molecule has 8 N–H and O–H groups in total. The lowest BCUT2D eigenvalue weighted by Crippen LogP contribution is -2.36. The number of carbonyl (C=O) groups is 2. The normalized spacial score (nSPS) is 10.3. The first kappa shape index (κ1) is 16.7. The molecule has 0 aliphatic rings. The smallest absolute Gasteiger partial charge is 0.0593 e. The number of alkyl halides is 1. The number of halogens is 1. The summed E-state index contributed by atoms with van der Waals surface area (Å²) in [5, 5.41) is 19.5. The molecule has 0 aromatic carbocycles. The highest BCUT2D eigenvalue weighted by Gasteiger charge is 2.03. The number of hydrogen-bond acceptors (Lipinski definition) is 4. The molecule has 0 rings (SSSR count). The van der Waals surface area contributed by atoms with Crippen molar-refractivity contribution >= 4 is 27.9 Å². The van der Waals surface area contributed by atoms with E-state index in [-0.39, 0.29) is 12.3 Å². The van der Waals surface area contributed by atoms with Gasteiger partial charge in [-0.3, -0.25) is 0 Å². The maximum absolute atomic E-state index is 9.79. The molecule has 7 heteroatoms. The first-order chi connectivity index (χ1) is 4.04. The Kier molecular flexibility index (Phi) is 11.3. The molecular formula is C4H11BrN2O4. The summed E-state index contributed by atoms with van der Waals surface area (Å²) in [5.41, 5.74) is 0. The summed E-state index contributed by atoms with van der Waals surface area (Å²) in [7, 11) is 0. The van der Waals surface area contributed by atoms with Crippen molar-refractivity contribution in [1.82, 2.24) is 12.3 Å². The Morgan fingerprint density at radius 2 is 1.64 bits per heavy atom. The summed E-state index contributed by atoms with van der Waals surface area (Å²) < 4.78 is 0. The van der Waals surface area contributed by atoms with Gasteiger partial charge in [0, 0.05) is 12.4 Å². The molecule has 1 unspecified atom stereocenters. The van der Waals surface area contributed by atoms with Gasteiger partial charge in [0.05, 0.1) is 10.8 Å². The second-order valence-electron chi connectivity index (χ2n) is 1.36. The lowest BCUT2D eigenvalue weighted by atomic mass is 10.3. The van der Waals surface area contributed by atoms with Gasteiger partial charge in [-0.05, 0) is 0 Å². The van der Waals surface area contributed by atoms with Crippen molar-refractivity contribution in [1.29, 1.82) is 0 Å². The fourth-order valence-corrected chi connectivity index (χ4v) is 0.494. The van der Waals surface area contributed by atoms with Crippen molar-refractivity contribution in [2.75, 3.05) is 0 Å². The highest BCUT2D eigenvalue weighted by Crippen LogP contribution is 2.01. The fourth-order valence-electron chi connectivity index (χ4n) is 0.230. The number of carbonyl (C=O) groups excluding carboxylic acids is 2. The molecule has 0 heterocycles. The lowest BCUT2D eigenvalue weighted by Gasteiger charge is -2.09. The topological polar surface area (TPSA) is 153 Å². The Morgan fingerprint density at radius 3 is 1.73 bits per heavy atom. The summed E-state index contributed by atoms with van der Waals surface area (Å²) in [6.45, 7) is 0. The Hall–Kier alpha value is -0.660. The predicted molar refractivity (Wildman–Crippen MR) is 39.3 cm³/mol. The third-order valence-corrected chi connectivity index (χ3v) is 1.30. The third kappa shape index (κ3) is 9.34. The summed E-state index contributed by atoms with van der Waals surface area (Å²) in [6, 6.07) is 0. The van der Waals surface area contributed by atoms with Crippen molar-refractivity contribution in [2.24, 2.45) is 0 Å². The van der Waals surface area contributed by atoms with Gasteiger partial charge >= 0.3 is 0 Å². The standard InChI is InChI=1S/C4H5BrO4.2H3N/c5-2(4(8)9)1-3(6)7;;/h2H,1H2,(H,6,7)(H,8,9);2*1H3. The maximum Gasteiger partial charge on any atom is 0.0593 e. The number of quaternary nitrogens is 2. The number of carboxylic acids is 2. The predicted octanol–water partition coefficient (Wildman–Crippen LogP) is -1.61. The van der Waals surface area contributed by atoms with Crippen LogP contribution in [0.2, 0.25) is 0 Å². The van der Waals surface area contributed by atoms with Gasteiger partial charge in [-0.25, -0.2) is 0 Å². The molecule has 6 nitrogen and oxygen atoms in total. The largest absolute Gasteiger partial charge is 0.550 e. The monoisotopic (exact) mass is 230 g/mol. The van der Waals surface area contributed by atoms with Crippen LogP contribution in [0.5, 0.6) is 0 Å². The first-order valence-electron chi connectivity index (χ1n) is 2.09. The van der Waals surface area contributed by atoms with E-state index in [1.807, 2.05) is 0 Å². The molecule has 0 aliphatic carbocycles. The van der Waals surface area contributed by atoms with Gasteiger partial charge in [-0.15, -0.1) is 0 Å². The average Bonchev–Trinajstić information content (AvgIpc) is 1.63. The zero-order valence-corrected chi connectivity index (χ0v) is 7.88. The minimum atomic E-state index is -1.45. The highest BCUT2D eigenvalue weighted by atomic mass is 79.9. The van der Waals surface area contributed by atoms with Crippen LogP contribution in [0, 0.1) is 0 Å². The summed E-state index contributed by atoms with van der Waals surface area (Å²) in [6.07, 6.45) is -0.567. The lowest BCUT2D eigenvalue weighted by molar-refractivity contribution is -0.314. The van der Waals surface area contributed by atoms with Crippen LogP contribution in [0.3, 0.4) is 0 Å². The minimum absolute atomic E-state index is 0. The number of rotatable bonds is 3. The van der Waals surface area contributed by atoms with E-state index < -0.39 is 23.2 Å². The SMILES string of the molecule is O=C([O-])CC(Br)C(=O)[O-].[NH4+].[NH4+]. The van der Waals surface area contributed by atoms with Crippen LogP contribution in [0.25, 0.3) is 0 Å². The van der Waals surface area contributed by atoms with E-state index in [4.69, 9.17) is 0 Å². The molecular weight excluding hydrogens is 220 g/mol. The molecule has 0 saturated heterocycles. The van der Waals surface area contributed by atoms with E-state index in [0.29, 0.717) is 0 Å². The Labute approximate surface area is 71.9 Å². The molecule has 0 aromatic rings. The summed E-state index contributed by atoms with van der Waals surface area (Å²) in [5.74, 6) is -2.86. The minimum Gasteiger partial charge on any atom is -0.550 e. The fraction of sp³-hybridized carbons (Fsp3) is 0.500. The van der Waals surface area contributed by atoms with Crippen LogP contribution in [0.4, 0.5) is 0 Å². The van der Waals surface area contributed by atoms with Crippen LogP contribution in [-0.4, -0.2) is 16.8 Å². The van der Waals surface area contributed by atoms with Crippen LogP contribution in [0.1, 0.15) is 6.42 Å². The van der Waals surface area contributed by atoms with Gasteiger partial charge in [0.2, 0.25) is 0 Å². The molecule has 0 amide bonds. The van der Waals surface area contributed by atoms with Gasteiger partial charge in [-0.2, -0.15) is 0 Å². The molecule has 0 spiro atoms. The number of carboxylic acid groups (broad SMARTS) is 2. The van der Waals surface area contributed by atoms with Crippen LogP contribution >= 0.6 is 15.9 Å². The number of aliphatic carboxylic acids is 2. The van der Waals surface area contributed by atoms with E-state index in [9.17, 15) is 19.8 Å². The van der Waals surface area contributed by atoms with Crippen molar-refractivity contribution in [2.45, 2.75) is 11.2 Å². The van der Waals surface area contributed by atoms with Gasteiger partial charge in [-0.1, -0.05) is 15.9 Å². The van der Waals surface area contributed by atoms with Crippen LogP contribution in [0.15, 0.2) is 0 Å². The Morgan fingerprint density at radius 1 is 1.27 bits per heavy atom. The molecule has 0 aliphatic heterocycles. The number of hydrogen-bond donors (Lipinski definition) is 2. The highest BCUT2D eigenvalue weighted by molar-refractivity contribution is 9.10. The van der Waals surface area contributed by atoms with E-state index in [1.54, 1.807) is 0 Å². The van der Waals surface area contributed by atoms with Gasteiger partial charge in [0.15, 0.2) is 0 Å². The molecule has 1 atom stereocenters. The maximum atomic E-state index is 9.79. The molecule has 0 saturated carbocycles. The molecule has 0 fully saturated rings. The van der Waals surface area contributed by atoms with Crippen LogP contribution in [-0.2, 0) is 9.59 Å². The van der Waals surface area contributed by atoms with Crippen molar-refractivity contribution in [3.63, 3.8) is 0 Å². The van der Waals surface area contributed by atoms with E-state index in [2.05, 4.69) is 15.9 Å². The molecule has 0 radical (unpaired) electrons. The molecule has 0 aromatic heterocycles. The second kappa shape index (κ2) is 7.45. The average molecular weight is 231 g/mol. The summed E-state index contributed by atoms with van der Waals surface area (Å²) in [4.78, 5) is 18.3. The van der Waals surface area contributed by atoms with Crippen molar-refractivity contribution < 1.29 is 19.8 Å². The molecule has 68 valence electrons. The van der Waals surface area contributed by atoms with E-state index in [1.165, 1.54) is 0 Å². The zero-order valence-electron chi connectivity index (χ0n) is 6.30.